The molecule has 56 valence electrons. The molecule has 1 N–H and O–H groups in total. The molecule has 1 rings (SSSR count). The summed E-state index contributed by atoms with van der Waals surface area (Å²) >= 11 is 0. The first-order valence-corrected chi connectivity index (χ1v) is 3.15. The number of likely N-dealkylation sites (N-methyl/N-ethyl adjacent to an activating group) is 1. The molecule has 0 radical (unpaired) electrons. The summed E-state index contributed by atoms with van der Waals surface area (Å²) in [5.41, 5.74) is 0. The van der Waals surface area contributed by atoms with Crippen LogP contribution in [0.3, 0.4) is 0 Å². The third-order valence-corrected chi connectivity index (χ3v) is 1.50. The van der Waals surface area contributed by atoms with Crippen LogP contribution < -0.4 is 5.32 Å². The van der Waals surface area contributed by atoms with E-state index in [9.17, 15) is 9.59 Å². The Morgan fingerprint density at radius 1 is 1.60 bits per heavy atom. The number of rotatable bonds is 0. The van der Waals surface area contributed by atoms with Gasteiger partial charge in [0, 0.05) is 7.05 Å². The van der Waals surface area contributed by atoms with E-state index in [2.05, 4.69) is 5.32 Å². The van der Waals surface area contributed by atoms with Crippen LogP contribution in [0.2, 0.25) is 0 Å². The van der Waals surface area contributed by atoms with Gasteiger partial charge < -0.3 is 10.2 Å². The molecule has 0 aromatic rings. The minimum atomic E-state index is -0.355. The van der Waals surface area contributed by atoms with Gasteiger partial charge in [-0.25, -0.2) is 0 Å². The Hall–Kier alpha value is -1.06. The Labute approximate surface area is 59.2 Å². The van der Waals surface area contributed by atoms with Crippen LogP contribution in [0.25, 0.3) is 0 Å². The summed E-state index contributed by atoms with van der Waals surface area (Å²) in [5, 5.41) is 2.53. The first-order chi connectivity index (χ1) is 4.61. The molecular formula is C6H10N2O2. The number of carbonyl (C=O) groups excluding carboxylic acids is 2. The van der Waals surface area contributed by atoms with E-state index < -0.39 is 0 Å². The van der Waals surface area contributed by atoms with Crippen molar-refractivity contribution in [2.75, 3.05) is 13.6 Å². The SMILES string of the molecule is C[C@@H]1NC(=O)CN(C)C1=O. The Morgan fingerprint density at radius 3 is 2.70 bits per heavy atom. The fourth-order valence-electron chi connectivity index (χ4n) is 0.973. The third-order valence-electron chi connectivity index (χ3n) is 1.50. The van der Waals surface area contributed by atoms with Crippen LogP contribution in [0.1, 0.15) is 6.92 Å². The largest absolute Gasteiger partial charge is 0.343 e. The predicted molar refractivity (Wildman–Crippen MR) is 35.2 cm³/mol. The standard InChI is InChI=1S/C6H10N2O2/c1-4-6(10)8(2)3-5(9)7-4/h4H,3H2,1-2H3,(H,7,9)/t4-/m0/s1. The van der Waals surface area contributed by atoms with Gasteiger partial charge in [0.15, 0.2) is 0 Å². The van der Waals surface area contributed by atoms with E-state index in [-0.39, 0.29) is 24.4 Å². The van der Waals surface area contributed by atoms with Crippen LogP contribution in [-0.4, -0.2) is 36.3 Å². The van der Waals surface area contributed by atoms with Crippen molar-refractivity contribution in [3.05, 3.63) is 0 Å². The molecule has 1 atom stereocenters. The maximum atomic E-state index is 11.0. The maximum Gasteiger partial charge on any atom is 0.245 e. The molecule has 1 aliphatic rings. The van der Waals surface area contributed by atoms with Crippen molar-refractivity contribution < 1.29 is 9.59 Å². The second-order valence-electron chi connectivity index (χ2n) is 2.48. The van der Waals surface area contributed by atoms with Gasteiger partial charge in [-0.3, -0.25) is 9.59 Å². The quantitative estimate of drug-likeness (QED) is 0.470. The zero-order valence-corrected chi connectivity index (χ0v) is 6.05. The second-order valence-corrected chi connectivity index (χ2v) is 2.48. The van der Waals surface area contributed by atoms with Gasteiger partial charge in [0.05, 0.1) is 6.54 Å². The molecule has 0 aromatic heterocycles. The molecule has 4 heteroatoms. The average molecular weight is 142 g/mol. The molecule has 10 heavy (non-hydrogen) atoms. The van der Waals surface area contributed by atoms with Gasteiger partial charge in [-0.05, 0) is 6.92 Å². The Morgan fingerprint density at radius 2 is 2.20 bits per heavy atom. The van der Waals surface area contributed by atoms with Gasteiger partial charge in [0.25, 0.3) is 0 Å². The molecule has 0 aromatic carbocycles. The maximum absolute atomic E-state index is 11.0. The molecule has 0 spiro atoms. The van der Waals surface area contributed by atoms with Crippen LogP contribution in [0.4, 0.5) is 0 Å². The number of amides is 2. The third kappa shape index (κ3) is 1.10. The summed E-state index contributed by atoms with van der Waals surface area (Å²) in [4.78, 5) is 23.1. The van der Waals surface area contributed by atoms with Gasteiger partial charge in [-0.2, -0.15) is 0 Å². The van der Waals surface area contributed by atoms with Gasteiger partial charge in [0.2, 0.25) is 11.8 Å². The van der Waals surface area contributed by atoms with Gasteiger partial charge >= 0.3 is 0 Å². The van der Waals surface area contributed by atoms with Gasteiger partial charge in [-0.15, -0.1) is 0 Å². The first kappa shape index (κ1) is 7.05. The number of hydrogen-bond acceptors (Lipinski definition) is 2. The second kappa shape index (κ2) is 2.28. The van der Waals surface area contributed by atoms with Crippen LogP contribution >= 0.6 is 0 Å². The van der Waals surface area contributed by atoms with E-state index >= 15 is 0 Å². The normalized spacial score (nSPS) is 26.6. The van der Waals surface area contributed by atoms with Crippen molar-refractivity contribution in [3.63, 3.8) is 0 Å². The number of hydrogen-bond donors (Lipinski definition) is 1. The van der Waals surface area contributed by atoms with E-state index in [0.717, 1.165) is 0 Å². The Bertz CT molecular complexity index is 163. The topological polar surface area (TPSA) is 49.4 Å². The summed E-state index contributed by atoms with van der Waals surface area (Å²) < 4.78 is 0. The van der Waals surface area contributed by atoms with E-state index in [1.165, 1.54) is 4.90 Å². The molecule has 4 nitrogen and oxygen atoms in total. The fraction of sp³-hybridized carbons (Fsp3) is 0.667. The lowest BCUT2D eigenvalue weighted by molar-refractivity contribution is -0.142. The predicted octanol–water partition coefficient (Wildman–Crippen LogP) is -1.04. The highest BCUT2D eigenvalue weighted by Crippen LogP contribution is 1.97. The molecule has 1 saturated heterocycles. The van der Waals surface area contributed by atoms with Gasteiger partial charge in [-0.1, -0.05) is 0 Å². The summed E-state index contributed by atoms with van der Waals surface area (Å²) in [6, 6.07) is -0.355. The molecule has 1 heterocycles. The Kier molecular flexibility index (Phi) is 1.61. The molecule has 0 saturated carbocycles. The fourth-order valence-corrected chi connectivity index (χ4v) is 0.973. The van der Waals surface area contributed by atoms with Crippen molar-refractivity contribution in [1.29, 1.82) is 0 Å². The minimum absolute atomic E-state index is 0.0281. The van der Waals surface area contributed by atoms with E-state index in [1.807, 2.05) is 0 Å². The van der Waals surface area contributed by atoms with Crippen molar-refractivity contribution >= 4 is 11.8 Å². The van der Waals surface area contributed by atoms with Crippen LogP contribution in [0, 0.1) is 0 Å². The number of nitrogens with zero attached hydrogens (tertiary/aromatic N) is 1. The molecule has 1 aliphatic heterocycles. The highest BCUT2D eigenvalue weighted by atomic mass is 16.2. The van der Waals surface area contributed by atoms with Crippen LogP contribution in [0.15, 0.2) is 0 Å². The molecular weight excluding hydrogens is 132 g/mol. The zero-order valence-electron chi connectivity index (χ0n) is 6.05. The van der Waals surface area contributed by atoms with E-state index in [1.54, 1.807) is 14.0 Å². The first-order valence-electron chi connectivity index (χ1n) is 3.15. The molecule has 2 amide bonds. The van der Waals surface area contributed by atoms with E-state index in [0.29, 0.717) is 0 Å². The number of piperazine rings is 1. The summed E-state index contributed by atoms with van der Waals surface area (Å²) in [5.74, 6) is -0.116. The summed E-state index contributed by atoms with van der Waals surface area (Å²) in [6.07, 6.45) is 0. The van der Waals surface area contributed by atoms with Crippen molar-refractivity contribution in [1.82, 2.24) is 10.2 Å². The summed E-state index contributed by atoms with van der Waals surface area (Å²) in [7, 11) is 1.62. The lowest BCUT2D eigenvalue weighted by atomic mass is 10.2. The lowest BCUT2D eigenvalue weighted by Gasteiger charge is -2.27. The number of nitrogens with one attached hydrogen (secondary N) is 1. The lowest BCUT2D eigenvalue weighted by Crippen LogP contribution is -2.55. The minimum Gasteiger partial charge on any atom is -0.343 e. The van der Waals surface area contributed by atoms with Crippen molar-refractivity contribution in [2.24, 2.45) is 0 Å². The van der Waals surface area contributed by atoms with Gasteiger partial charge in [0.1, 0.15) is 6.04 Å². The number of carbonyl (C=O) groups is 2. The highest BCUT2D eigenvalue weighted by molar-refractivity contribution is 5.94. The Balaban J connectivity index is 2.66. The van der Waals surface area contributed by atoms with Crippen LogP contribution in [0.5, 0.6) is 0 Å². The molecule has 0 aliphatic carbocycles. The highest BCUT2D eigenvalue weighted by Gasteiger charge is 2.25. The molecule has 0 bridgehead atoms. The van der Waals surface area contributed by atoms with Crippen LogP contribution in [-0.2, 0) is 9.59 Å². The molecule has 1 fully saturated rings. The van der Waals surface area contributed by atoms with E-state index in [4.69, 9.17) is 0 Å². The van der Waals surface area contributed by atoms with Crippen molar-refractivity contribution in [3.8, 4) is 0 Å². The molecule has 0 unspecified atom stereocenters. The van der Waals surface area contributed by atoms with Crippen molar-refractivity contribution in [2.45, 2.75) is 13.0 Å². The average Bonchev–Trinajstić information content (AvgIpc) is 1.82. The monoisotopic (exact) mass is 142 g/mol. The summed E-state index contributed by atoms with van der Waals surface area (Å²) in [6.45, 7) is 1.86. The zero-order chi connectivity index (χ0) is 7.72. The smallest absolute Gasteiger partial charge is 0.245 e.